The van der Waals surface area contributed by atoms with Gasteiger partial charge in [-0.2, -0.15) is 5.10 Å². The van der Waals surface area contributed by atoms with Crippen LogP contribution in [-0.4, -0.2) is 35.6 Å². The van der Waals surface area contributed by atoms with Crippen molar-refractivity contribution >= 4 is 16.7 Å². The van der Waals surface area contributed by atoms with Crippen LogP contribution in [0.15, 0.2) is 43.1 Å². The van der Waals surface area contributed by atoms with Crippen LogP contribution in [0.4, 0.5) is 0 Å². The molecule has 0 spiro atoms. The molecule has 5 rings (SSSR count). The minimum absolute atomic E-state index is 0.134. The Morgan fingerprint density at radius 1 is 1.08 bits per heavy atom. The van der Waals surface area contributed by atoms with Crippen LogP contribution in [0.2, 0.25) is 0 Å². The Hall–Kier alpha value is -2.97. The Kier molecular flexibility index (Phi) is 2.88. The highest BCUT2D eigenvalue weighted by Gasteiger charge is 2.43. The van der Waals surface area contributed by atoms with Crippen LogP contribution in [-0.2, 0) is 5.54 Å². The molecule has 0 atom stereocenters. The van der Waals surface area contributed by atoms with Crippen LogP contribution in [0.3, 0.4) is 0 Å². The normalized spacial score (nSPS) is 23.0. The van der Waals surface area contributed by atoms with Gasteiger partial charge in [-0.1, -0.05) is 0 Å². The molecule has 0 unspecified atom stereocenters. The molecule has 0 aromatic carbocycles. The zero-order chi connectivity index (χ0) is 17.0. The molecular formula is C17H16N8. The fourth-order valence-corrected chi connectivity index (χ4v) is 3.44. The van der Waals surface area contributed by atoms with Gasteiger partial charge in [-0.15, -0.1) is 0 Å². The maximum atomic E-state index is 6.34. The van der Waals surface area contributed by atoms with E-state index >= 15 is 0 Å². The summed E-state index contributed by atoms with van der Waals surface area (Å²) in [6.07, 6.45) is 10.2. The summed E-state index contributed by atoms with van der Waals surface area (Å²) >= 11 is 0. The molecule has 1 aliphatic rings. The van der Waals surface area contributed by atoms with Crippen LogP contribution in [0, 0.1) is 0 Å². The summed E-state index contributed by atoms with van der Waals surface area (Å²) in [6, 6.07) is 4.09. The van der Waals surface area contributed by atoms with E-state index in [9.17, 15) is 0 Å². The first-order valence-electron chi connectivity index (χ1n) is 8.09. The van der Waals surface area contributed by atoms with Crippen LogP contribution >= 0.6 is 0 Å². The second-order valence-electron chi connectivity index (χ2n) is 6.59. The molecule has 0 amide bonds. The Balaban J connectivity index is 1.60. The molecule has 0 saturated heterocycles. The average molecular weight is 332 g/mol. The highest BCUT2D eigenvalue weighted by Crippen LogP contribution is 2.36. The van der Waals surface area contributed by atoms with Gasteiger partial charge in [-0.3, -0.25) is 4.98 Å². The van der Waals surface area contributed by atoms with Crippen LogP contribution in [0.1, 0.15) is 18.7 Å². The Morgan fingerprint density at radius 3 is 2.76 bits per heavy atom. The third kappa shape index (κ3) is 2.19. The number of hydrogen-bond donors (Lipinski definition) is 2. The molecule has 1 fully saturated rings. The third-order valence-corrected chi connectivity index (χ3v) is 4.75. The molecule has 0 bridgehead atoms. The molecule has 4 heterocycles. The molecule has 0 radical (unpaired) electrons. The van der Waals surface area contributed by atoms with Crippen molar-refractivity contribution in [1.29, 1.82) is 0 Å². The van der Waals surface area contributed by atoms with E-state index < -0.39 is 5.54 Å². The minimum atomic E-state index is -0.516. The van der Waals surface area contributed by atoms with Crippen molar-refractivity contribution in [3.8, 4) is 11.1 Å². The van der Waals surface area contributed by atoms with E-state index in [0.29, 0.717) is 24.3 Å². The number of aromatic nitrogens is 6. The summed E-state index contributed by atoms with van der Waals surface area (Å²) < 4.78 is 1.80. The van der Waals surface area contributed by atoms with E-state index in [2.05, 4.69) is 25.0 Å². The molecule has 4 aromatic rings. The van der Waals surface area contributed by atoms with Crippen molar-refractivity contribution in [2.75, 3.05) is 0 Å². The van der Waals surface area contributed by atoms with Gasteiger partial charge in [0.25, 0.3) is 0 Å². The standard InChI is InChI=1S/C17H16N8/c18-11-6-17(19,7-11)16-23-9-14-12(1-4-25(14)24-16)10-5-13-15(22-8-10)21-3-2-20-13/h1-5,8-9,11H,6-7,18-19H2. The van der Waals surface area contributed by atoms with E-state index in [0.717, 1.165) is 22.2 Å². The first kappa shape index (κ1) is 14.4. The quantitative estimate of drug-likeness (QED) is 0.562. The number of rotatable bonds is 2. The number of fused-ring (bicyclic) bond motifs is 2. The second kappa shape index (κ2) is 5.01. The molecule has 4 aromatic heterocycles. The predicted molar refractivity (Wildman–Crippen MR) is 92.4 cm³/mol. The lowest BCUT2D eigenvalue weighted by Gasteiger charge is -2.41. The molecule has 25 heavy (non-hydrogen) atoms. The first-order chi connectivity index (χ1) is 12.1. The Bertz CT molecular complexity index is 1100. The summed E-state index contributed by atoms with van der Waals surface area (Å²) in [6.45, 7) is 0. The van der Waals surface area contributed by atoms with Gasteiger partial charge < -0.3 is 11.5 Å². The van der Waals surface area contributed by atoms with Gasteiger partial charge in [0.2, 0.25) is 0 Å². The number of hydrogen-bond acceptors (Lipinski definition) is 7. The number of nitrogens with two attached hydrogens (primary N) is 2. The van der Waals surface area contributed by atoms with E-state index in [-0.39, 0.29) is 6.04 Å². The highest BCUT2D eigenvalue weighted by molar-refractivity contribution is 5.84. The topological polar surface area (TPSA) is 121 Å². The maximum absolute atomic E-state index is 6.34. The summed E-state index contributed by atoms with van der Waals surface area (Å²) in [4.78, 5) is 17.4. The fourth-order valence-electron chi connectivity index (χ4n) is 3.44. The fraction of sp³-hybridized carbons (Fsp3) is 0.235. The minimum Gasteiger partial charge on any atom is -0.328 e. The Morgan fingerprint density at radius 2 is 1.92 bits per heavy atom. The highest BCUT2D eigenvalue weighted by atomic mass is 15.3. The second-order valence-corrected chi connectivity index (χ2v) is 6.59. The zero-order valence-corrected chi connectivity index (χ0v) is 13.4. The molecule has 1 saturated carbocycles. The van der Waals surface area contributed by atoms with E-state index in [4.69, 9.17) is 11.5 Å². The van der Waals surface area contributed by atoms with Gasteiger partial charge in [-0.25, -0.2) is 19.5 Å². The van der Waals surface area contributed by atoms with Gasteiger partial charge in [0.15, 0.2) is 11.5 Å². The summed E-state index contributed by atoms with van der Waals surface area (Å²) in [5, 5.41) is 4.59. The monoisotopic (exact) mass is 332 g/mol. The largest absolute Gasteiger partial charge is 0.328 e. The SMILES string of the molecule is NC1CC(N)(c2ncc3c(-c4cnc5nccnc5c4)ccn3n2)C1. The van der Waals surface area contributed by atoms with Gasteiger partial charge in [0, 0.05) is 42.0 Å². The van der Waals surface area contributed by atoms with Crippen LogP contribution < -0.4 is 11.5 Å². The smallest absolute Gasteiger partial charge is 0.178 e. The summed E-state index contributed by atoms with van der Waals surface area (Å²) in [5.41, 5.74) is 15.9. The molecule has 1 aliphatic carbocycles. The molecule has 124 valence electrons. The van der Waals surface area contributed by atoms with Crippen molar-refractivity contribution < 1.29 is 0 Å². The van der Waals surface area contributed by atoms with Gasteiger partial charge in [0.05, 0.1) is 17.3 Å². The molecule has 0 aliphatic heterocycles. The molecule has 4 N–H and O–H groups in total. The summed E-state index contributed by atoms with van der Waals surface area (Å²) in [7, 11) is 0. The third-order valence-electron chi connectivity index (χ3n) is 4.75. The van der Waals surface area contributed by atoms with Gasteiger partial charge in [0.1, 0.15) is 5.52 Å². The molecule has 8 heteroatoms. The van der Waals surface area contributed by atoms with Crippen molar-refractivity contribution in [3.05, 3.63) is 48.9 Å². The molecule has 8 nitrogen and oxygen atoms in total. The number of nitrogens with zero attached hydrogens (tertiary/aromatic N) is 6. The van der Waals surface area contributed by atoms with Gasteiger partial charge in [-0.05, 0) is 25.0 Å². The van der Waals surface area contributed by atoms with Crippen molar-refractivity contribution in [2.24, 2.45) is 11.5 Å². The number of pyridine rings is 1. The van der Waals surface area contributed by atoms with Crippen LogP contribution in [0.25, 0.3) is 27.8 Å². The first-order valence-corrected chi connectivity index (χ1v) is 8.09. The lowest BCUT2D eigenvalue weighted by Crippen LogP contribution is -2.56. The van der Waals surface area contributed by atoms with Gasteiger partial charge >= 0.3 is 0 Å². The van der Waals surface area contributed by atoms with E-state index in [1.165, 1.54) is 0 Å². The lowest BCUT2D eigenvalue weighted by molar-refractivity contribution is 0.196. The van der Waals surface area contributed by atoms with E-state index in [1.807, 2.05) is 18.3 Å². The molecular weight excluding hydrogens is 316 g/mol. The van der Waals surface area contributed by atoms with Crippen molar-refractivity contribution in [3.63, 3.8) is 0 Å². The lowest BCUT2D eigenvalue weighted by atomic mass is 9.73. The van der Waals surface area contributed by atoms with E-state index in [1.54, 1.807) is 29.3 Å². The summed E-state index contributed by atoms with van der Waals surface area (Å²) in [5.74, 6) is 0.631. The average Bonchev–Trinajstić information content (AvgIpc) is 3.03. The van der Waals surface area contributed by atoms with Crippen LogP contribution in [0.5, 0.6) is 0 Å². The predicted octanol–water partition coefficient (Wildman–Crippen LogP) is 1.01. The Labute approximate surface area is 142 Å². The van der Waals surface area contributed by atoms with Crippen molar-refractivity contribution in [2.45, 2.75) is 24.4 Å². The van der Waals surface area contributed by atoms with Crippen molar-refractivity contribution in [1.82, 2.24) is 29.5 Å². The zero-order valence-electron chi connectivity index (χ0n) is 13.4. The maximum Gasteiger partial charge on any atom is 0.178 e.